The molecule has 0 saturated carbocycles. The molecule has 1 amide bonds. The van der Waals surface area contributed by atoms with Crippen molar-refractivity contribution in [1.82, 2.24) is 5.32 Å². The minimum atomic E-state index is -0.346. The van der Waals surface area contributed by atoms with Crippen molar-refractivity contribution in [3.8, 4) is 6.07 Å². The minimum absolute atomic E-state index is 0.128. The number of amides is 1. The van der Waals surface area contributed by atoms with Crippen molar-refractivity contribution in [2.24, 2.45) is 0 Å². The molecule has 1 N–H and O–H groups in total. The number of benzene rings is 1. The summed E-state index contributed by atoms with van der Waals surface area (Å²) in [6, 6.07) is 13.5. The van der Waals surface area contributed by atoms with Gasteiger partial charge in [-0.2, -0.15) is 5.26 Å². The van der Waals surface area contributed by atoms with E-state index in [2.05, 4.69) is 5.32 Å². The fraction of sp³-hybridized carbons (Fsp3) is 0.176. The Morgan fingerprint density at radius 3 is 2.62 bits per heavy atom. The predicted octanol–water partition coefficient (Wildman–Crippen LogP) is 3.84. The molecule has 0 aliphatic carbocycles. The van der Waals surface area contributed by atoms with E-state index in [-0.39, 0.29) is 17.5 Å². The van der Waals surface area contributed by atoms with Gasteiger partial charge in [0.1, 0.15) is 11.6 Å². The van der Waals surface area contributed by atoms with Gasteiger partial charge in [0.25, 0.3) is 5.91 Å². The number of nitrogens with one attached hydrogen (secondary N) is 1. The van der Waals surface area contributed by atoms with Crippen LogP contribution in [0.4, 0.5) is 0 Å². The van der Waals surface area contributed by atoms with Crippen molar-refractivity contribution in [2.45, 2.75) is 19.9 Å². The van der Waals surface area contributed by atoms with Gasteiger partial charge in [-0.3, -0.25) is 4.79 Å². The molecule has 1 unspecified atom stereocenters. The first-order valence-corrected chi connectivity index (χ1v) is 7.51. The summed E-state index contributed by atoms with van der Waals surface area (Å²) in [6.07, 6.45) is 1.65. The average Bonchev–Trinajstić information content (AvgIpc) is 2.90. The van der Waals surface area contributed by atoms with Crippen molar-refractivity contribution in [3.63, 3.8) is 0 Å². The van der Waals surface area contributed by atoms with Crippen molar-refractivity contribution >= 4 is 23.3 Å². The molecule has 0 radical (unpaired) electrons. The Morgan fingerprint density at radius 1 is 1.33 bits per heavy atom. The van der Waals surface area contributed by atoms with Gasteiger partial charge in [0.05, 0.1) is 6.04 Å². The fourth-order valence-electron chi connectivity index (χ4n) is 1.91. The highest BCUT2D eigenvalue weighted by Gasteiger charge is 2.14. The highest BCUT2D eigenvalue weighted by atomic mass is 32.1. The maximum atomic E-state index is 12.2. The number of nitrogens with zero attached hydrogens (tertiary/aromatic N) is 1. The van der Waals surface area contributed by atoms with E-state index in [1.54, 1.807) is 6.08 Å². The van der Waals surface area contributed by atoms with Gasteiger partial charge in [0, 0.05) is 4.88 Å². The lowest BCUT2D eigenvalue weighted by Gasteiger charge is -2.13. The number of carbonyl (C=O) groups is 1. The highest BCUT2D eigenvalue weighted by Crippen LogP contribution is 2.19. The number of nitriles is 1. The lowest BCUT2D eigenvalue weighted by molar-refractivity contribution is -0.117. The van der Waals surface area contributed by atoms with Gasteiger partial charge in [-0.25, -0.2) is 0 Å². The standard InChI is InChI=1S/C17H16N2OS/c1-12-8-9-21-16(12)10-15(11-18)17(20)19-13(2)14-6-4-3-5-7-14/h3-10,13H,1-2H3,(H,19,20)/b15-10-. The summed E-state index contributed by atoms with van der Waals surface area (Å²) in [4.78, 5) is 13.1. The van der Waals surface area contributed by atoms with Crippen LogP contribution in [0.1, 0.15) is 29.0 Å². The highest BCUT2D eigenvalue weighted by molar-refractivity contribution is 7.11. The van der Waals surface area contributed by atoms with E-state index in [4.69, 9.17) is 0 Å². The molecule has 21 heavy (non-hydrogen) atoms. The van der Waals surface area contributed by atoms with Crippen molar-refractivity contribution in [3.05, 3.63) is 63.4 Å². The van der Waals surface area contributed by atoms with Gasteiger partial charge in [-0.1, -0.05) is 30.3 Å². The molecule has 1 aromatic carbocycles. The molecule has 0 spiro atoms. The van der Waals surface area contributed by atoms with Crippen LogP contribution in [-0.4, -0.2) is 5.91 Å². The Kier molecular flexibility index (Phi) is 4.91. The summed E-state index contributed by atoms with van der Waals surface area (Å²) in [5.74, 6) is -0.346. The van der Waals surface area contributed by atoms with Gasteiger partial charge in [0.2, 0.25) is 0 Å². The van der Waals surface area contributed by atoms with Gasteiger partial charge in [0.15, 0.2) is 0 Å². The quantitative estimate of drug-likeness (QED) is 0.688. The van der Waals surface area contributed by atoms with Crippen molar-refractivity contribution in [1.29, 1.82) is 5.26 Å². The van der Waals surface area contributed by atoms with Crippen molar-refractivity contribution in [2.75, 3.05) is 0 Å². The summed E-state index contributed by atoms with van der Waals surface area (Å²) in [6.45, 7) is 3.86. The third-order valence-corrected chi connectivity index (χ3v) is 4.16. The number of aryl methyl sites for hydroxylation is 1. The zero-order valence-corrected chi connectivity index (χ0v) is 12.8. The third-order valence-electron chi connectivity index (χ3n) is 3.19. The number of hydrogen-bond donors (Lipinski definition) is 1. The van der Waals surface area contributed by atoms with Crippen LogP contribution in [0.15, 0.2) is 47.4 Å². The SMILES string of the molecule is Cc1ccsc1/C=C(/C#N)C(=O)NC(C)c1ccccc1. The summed E-state index contributed by atoms with van der Waals surface area (Å²) in [5.41, 5.74) is 2.20. The largest absolute Gasteiger partial charge is 0.345 e. The second kappa shape index (κ2) is 6.87. The van der Waals surface area contributed by atoms with E-state index < -0.39 is 0 Å². The summed E-state index contributed by atoms with van der Waals surface area (Å²) in [5, 5.41) is 14.0. The smallest absolute Gasteiger partial charge is 0.262 e. The summed E-state index contributed by atoms with van der Waals surface area (Å²) in [7, 11) is 0. The molecule has 0 bridgehead atoms. The topological polar surface area (TPSA) is 52.9 Å². The lowest BCUT2D eigenvalue weighted by atomic mass is 10.1. The number of carbonyl (C=O) groups excluding carboxylic acids is 1. The average molecular weight is 296 g/mol. The Bertz CT molecular complexity index is 695. The maximum Gasteiger partial charge on any atom is 0.262 e. The molecule has 0 aliphatic heterocycles. The molecule has 4 heteroatoms. The lowest BCUT2D eigenvalue weighted by Crippen LogP contribution is -2.27. The van der Waals surface area contributed by atoms with Crippen LogP contribution < -0.4 is 5.32 Å². The second-order valence-electron chi connectivity index (χ2n) is 4.74. The van der Waals surface area contributed by atoms with Crippen LogP contribution in [0.5, 0.6) is 0 Å². The number of thiophene rings is 1. The Hall–Kier alpha value is -2.38. The predicted molar refractivity (Wildman–Crippen MR) is 85.6 cm³/mol. The minimum Gasteiger partial charge on any atom is -0.345 e. The van der Waals surface area contributed by atoms with Crippen LogP contribution in [-0.2, 0) is 4.79 Å². The van der Waals surface area contributed by atoms with Crippen LogP contribution in [0.25, 0.3) is 6.08 Å². The molecule has 106 valence electrons. The molecule has 1 heterocycles. The van der Waals surface area contributed by atoms with E-state index >= 15 is 0 Å². The van der Waals surface area contributed by atoms with E-state index in [1.165, 1.54) is 11.3 Å². The molecule has 0 fully saturated rings. The van der Waals surface area contributed by atoms with Crippen LogP contribution in [0, 0.1) is 18.3 Å². The monoisotopic (exact) mass is 296 g/mol. The van der Waals surface area contributed by atoms with Crippen LogP contribution in [0.2, 0.25) is 0 Å². The Morgan fingerprint density at radius 2 is 2.05 bits per heavy atom. The van der Waals surface area contributed by atoms with Crippen molar-refractivity contribution < 1.29 is 4.79 Å². The van der Waals surface area contributed by atoms with Crippen LogP contribution in [0.3, 0.4) is 0 Å². The Balaban J connectivity index is 2.13. The first-order chi connectivity index (χ1) is 10.1. The summed E-state index contributed by atoms with van der Waals surface area (Å²) < 4.78 is 0. The second-order valence-corrected chi connectivity index (χ2v) is 5.69. The normalized spacial score (nSPS) is 12.5. The zero-order valence-electron chi connectivity index (χ0n) is 12.0. The van der Waals surface area contributed by atoms with Gasteiger partial charge in [-0.05, 0) is 42.5 Å². The van der Waals surface area contributed by atoms with E-state index in [1.807, 2.05) is 61.7 Å². The molecule has 1 aromatic heterocycles. The summed E-state index contributed by atoms with van der Waals surface area (Å²) >= 11 is 1.52. The number of rotatable bonds is 4. The van der Waals surface area contributed by atoms with Crippen LogP contribution >= 0.6 is 11.3 Å². The van der Waals surface area contributed by atoms with E-state index in [0.29, 0.717) is 0 Å². The fourth-order valence-corrected chi connectivity index (χ4v) is 2.77. The first kappa shape index (κ1) is 15.0. The Labute approximate surface area is 128 Å². The third kappa shape index (κ3) is 3.80. The van der Waals surface area contributed by atoms with E-state index in [9.17, 15) is 10.1 Å². The maximum absolute atomic E-state index is 12.2. The molecular formula is C17H16N2OS. The van der Waals surface area contributed by atoms with Gasteiger partial charge < -0.3 is 5.32 Å². The van der Waals surface area contributed by atoms with E-state index in [0.717, 1.165) is 16.0 Å². The molecule has 2 rings (SSSR count). The first-order valence-electron chi connectivity index (χ1n) is 6.63. The van der Waals surface area contributed by atoms with Gasteiger partial charge >= 0.3 is 0 Å². The zero-order chi connectivity index (χ0) is 15.2. The molecule has 3 nitrogen and oxygen atoms in total. The molecular weight excluding hydrogens is 280 g/mol. The van der Waals surface area contributed by atoms with Gasteiger partial charge in [-0.15, -0.1) is 11.3 Å². The molecule has 2 aromatic rings. The molecule has 1 atom stereocenters. The molecule has 0 saturated heterocycles. The molecule has 0 aliphatic rings. The number of hydrogen-bond acceptors (Lipinski definition) is 3.